The number of amides is 2. The summed E-state index contributed by atoms with van der Waals surface area (Å²) >= 11 is 0. The van der Waals surface area contributed by atoms with E-state index in [1.165, 1.54) is 0 Å². The molecular weight excluding hydrogens is 256 g/mol. The van der Waals surface area contributed by atoms with E-state index in [4.69, 9.17) is 0 Å². The molecule has 0 aliphatic carbocycles. The van der Waals surface area contributed by atoms with Gasteiger partial charge < -0.3 is 5.11 Å². The molecule has 1 aliphatic rings. The van der Waals surface area contributed by atoms with Gasteiger partial charge in [0, 0.05) is 6.54 Å². The molecule has 2 rings (SSSR count). The van der Waals surface area contributed by atoms with Crippen LogP contribution in [0, 0.1) is 0 Å². The van der Waals surface area contributed by atoms with E-state index >= 15 is 0 Å². The topological polar surface area (TPSA) is 69.6 Å². The Morgan fingerprint density at radius 3 is 2.70 bits per heavy atom. The lowest BCUT2D eigenvalue weighted by atomic mass is 10.1. The fraction of sp³-hybridized carbons (Fsp3) is 0.467. The van der Waals surface area contributed by atoms with E-state index in [1.807, 2.05) is 35.2 Å². The number of carbonyl (C=O) groups is 2. The van der Waals surface area contributed by atoms with Crippen molar-refractivity contribution in [2.75, 3.05) is 19.6 Å². The Labute approximate surface area is 118 Å². The molecule has 20 heavy (non-hydrogen) atoms. The summed E-state index contributed by atoms with van der Waals surface area (Å²) in [6.07, 6.45) is 1.50. The minimum Gasteiger partial charge on any atom is -0.392 e. The Hall–Kier alpha value is -1.72. The Kier molecular flexibility index (Phi) is 5.26. The number of piperidine rings is 1. The summed E-state index contributed by atoms with van der Waals surface area (Å²) in [4.78, 5) is 25.4. The second-order valence-corrected chi connectivity index (χ2v) is 5.16. The van der Waals surface area contributed by atoms with Crippen LogP contribution >= 0.6 is 0 Å². The molecular formula is C15H20N2O3. The monoisotopic (exact) mass is 276 g/mol. The minimum atomic E-state index is -0.364. The van der Waals surface area contributed by atoms with Crippen molar-refractivity contribution < 1.29 is 14.7 Å². The number of rotatable bonds is 4. The molecule has 1 unspecified atom stereocenters. The first-order valence-electron chi connectivity index (χ1n) is 6.90. The third-order valence-electron chi connectivity index (χ3n) is 3.33. The predicted octanol–water partition coefficient (Wildman–Crippen LogP) is 0.329. The van der Waals surface area contributed by atoms with Crippen LogP contribution in [0.4, 0.5) is 0 Å². The smallest absolute Gasteiger partial charge is 0.240 e. The molecule has 5 nitrogen and oxygen atoms in total. The third-order valence-corrected chi connectivity index (χ3v) is 3.33. The Morgan fingerprint density at radius 2 is 2.00 bits per heavy atom. The molecule has 1 aromatic carbocycles. The third kappa shape index (κ3) is 4.75. The first-order chi connectivity index (χ1) is 9.63. The van der Waals surface area contributed by atoms with Crippen LogP contribution < -0.4 is 5.32 Å². The lowest BCUT2D eigenvalue weighted by Gasteiger charge is -2.29. The van der Waals surface area contributed by atoms with Crippen LogP contribution in [-0.2, 0) is 16.0 Å². The number of aliphatic hydroxyl groups excluding tert-OH is 1. The molecule has 5 heteroatoms. The van der Waals surface area contributed by atoms with E-state index in [1.54, 1.807) is 0 Å². The van der Waals surface area contributed by atoms with Crippen molar-refractivity contribution in [3.05, 3.63) is 35.9 Å². The van der Waals surface area contributed by atoms with Crippen LogP contribution in [0.5, 0.6) is 0 Å². The molecule has 0 spiro atoms. The second kappa shape index (κ2) is 7.17. The number of benzene rings is 1. The van der Waals surface area contributed by atoms with Crippen LogP contribution in [0.1, 0.15) is 18.4 Å². The summed E-state index contributed by atoms with van der Waals surface area (Å²) in [5, 5.41) is 11.9. The standard InChI is InChI=1S/C15H20N2O3/c18-13-7-4-8-17(10-13)11-15(20)16-14(19)9-12-5-2-1-3-6-12/h1-3,5-6,13,18H,4,7-11H2,(H,16,19,20). The Bertz CT molecular complexity index is 461. The zero-order chi connectivity index (χ0) is 14.4. The van der Waals surface area contributed by atoms with Crippen LogP contribution in [0.25, 0.3) is 0 Å². The molecule has 0 bridgehead atoms. The molecule has 1 heterocycles. The van der Waals surface area contributed by atoms with Gasteiger partial charge in [0.15, 0.2) is 0 Å². The highest BCUT2D eigenvalue weighted by Gasteiger charge is 2.20. The normalized spacial score (nSPS) is 19.6. The van der Waals surface area contributed by atoms with Crippen molar-refractivity contribution in [3.8, 4) is 0 Å². The molecule has 1 aliphatic heterocycles. The minimum absolute atomic E-state index is 0.164. The van der Waals surface area contributed by atoms with Gasteiger partial charge in [-0.15, -0.1) is 0 Å². The number of hydrogen-bond donors (Lipinski definition) is 2. The maximum atomic E-state index is 11.8. The molecule has 0 saturated carbocycles. The molecule has 0 radical (unpaired) electrons. The molecule has 1 saturated heterocycles. The van der Waals surface area contributed by atoms with Gasteiger partial charge in [0.05, 0.1) is 19.1 Å². The lowest BCUT2D eigenvalue weighted by Crippen LogP contribution is -2.45. The average molecular weight is 276 g/mol. The molecule has 2 N–H and O–H groups in total. The first-order valence-corrected chi connectivity index (χ1v) is 6.90. The van der Waals surface area contributed by atoms with Crippen LogP contribution in [0.2, 0.25) is 0 Å². The highest BCUT2D eigenvalue weighted by Crippen LogP contribution is 2.08. The number of β-amino-alcohol motifs (C(OH)–C–C–N with tert-alkyl or cyclic N) is 1. The highest BCUT2D eigenvalue weighted by atomic mass is 16.3. The summed E-state index contributed by atoms with van der Waals surface area (Å²) in [7, 11) is 0. The van der Waals surface area contributed by atoms with Crippen molar-refractivity contribution in [1.29, 1.82) is 0 Å². The number of nitrogens with zero attached hydrogens (tertiary/aromatic N) is 1. The van der Waals surface area contributed by atoms with Crippen molar-refractivity contribution in [3.63, 3.8) is 0 Å². The van der Waals surface area contributed by atoms with Crippen molar-refractivity contribution >= 4 is 11.8 Å². The quantitative estimate of drug-likeness (QED) is 0.831. The van der Waals surface area contributed by atoms with Gasteiger partial charge in [0.2, 0.25) is 11.8 Å². The van der Waals surface area contributed by atoms with Gasteiger partial charge in [-0.3, -0.25) is 19.8 Å². The van der Waals surface area contributed by atoms with Gasteiger partial charge in [0.1, 0.15) is 0 Å². The van der Waals surface area contributed by atoms with Crippen LogP contribution in [0.3, 0.4) is 0 Å². The number of nitrogens with one attached hydrogen (secondary N) is 1. The summed E-state index contributed by atoms with van der Waals surface area (Å²) in [6, 6.07) is 9.31. The predicted molar refractivity (Wildman–Crippen MR) is 75.0 cm³/mol. The first kappa shape index (κ1) is 14.7. The highest BCUT2D eigenvalue weighted by molar-refractivity contribution is 5.96. The zero-order valence-electron chi connectivity index (χ0n) is 11.4. The molecule has 1 aromatic rings. The Morgan fingerprint density at radius 1 is 1.25 bits per heavy atom. The summed E-state index contributed by atoms with van der Waals surface area (Å²) in [6.45, 7) is 1.45. The Balaban J connectivity index is 1.75. The zero-order valence-corrected chi connectivity index (χ0v) is 11.4. The van der Waals surface area contributed by atoms with E-state index in [9.17, 15) is 14.7 Å². The fourth-order valence-electron chi connectivity index (χ4n) is 2.40. The maximum Gasteiger partial charge on any atom is 0.240 e. The number of imide groups is 1. The number of carbonyl (C=O) groups excluding carboxylic acids is 2. The maximum absolute atomic E-state index is 11.8. The van der Waals surface area contributed by atoms with Gasteiger partial charge in [-0.2, -0.15) is 0 Å². The van der Waals surface area contributed by atoms with Crippen molar-refractivity contribution in [2.45, 2.75) is 25.4 Å². The fourth-order valence-corrected chi connectivity index (χ4v) is 2.40. The van der Waals surface area contributed by atoms with E-state index in [0.29, 0.717) is 6.54 Å². The van der Waals surface area contributed by atoms with Crippen molar-refractivity contribution in [1.82, 2.24) is 10.2 Å². The van der Waals surface area contributed by atoms with E-state index in [0.717, 1.165) is 24.9 Å². The van der Waals surface area contributed by atoms with Gasteiger partial charge in [-0.1, -0.05) is 30.3 Å². The molecule has 1 fully saturated rings. The molecule has 2 amide bonds. The SMILES string of the molecule is O=C(Cc1ccccc1)NC(=O)CN1CCCC(O)C1. The van der Waals surface area contributed by atoms with Gasteiger partial charge in [-0.05, 0) is 24.9 Å². The van der Waals surface area contributed by atoms with Crippen LogP contribution in [0.15, 0.2) is 30.3 Å². The van der Waals surface area contributed by atoms with E-state index in [2.05, 4.69) is 5.32 Å². The second-order valence-electron chi connectivity index (χ2n) is 5.16. The summed E-state index contributed by atoms with van der Waals surface area (Å²) < 4.78 is 0. The van der Waals surface area contributed by atoms with Gasteiger partial charge >= 0.3 is 0 Å². The lowest BCUT2D eigenvalue weighted by molar-refractivity contribution is -0.131. The molecule has 1 atom stereocenters. The molecule has 108 valence electrons. The number of likely N-dealkylation sites (tertiary alicyclic amines) is 1. The van der Waals surface area contributed by atoms with Crippen LogP contribution in [-0.4, -0.2) is 47.6 Å². The van der Waals surface area contributed by atoms with E-state index in [-0.39, 0.29) is 30.9 Å². The average Bonchev–Trinajstić information content (AvgIpc) is 2.39. The van der Waals surface area contributed by atoms with E-state index < -0.39 is 0 Å². The largest absolute Gasteiger partial charge is 0.392 e. The summed E-state index contributed by atoms with van der Waals surface area (Å²) in [5.74, 6) is -0.598. The van der Waals surface area contributed by atoms with Gasteiger partial charge in [0.25, 0.3) is 0 Å². The number of aliphatic hydroxyl groups is 1. The van der Waals surface area contributed by atoms with Gasteiger partial charge in [-0.25, -0.2) is 0 Å². The summed E-state index contributed by atoms with van der Waals surface area (Å²) in [5.41, 5.74) is 0.881. The van der Waals surface area contributed by atoms with Crippen molar-refractivity contribution in [2.24, 2.45) is 0 Å². The molecule has 0 aromatic heterocycles. The number of hydrogen-bond acceptors (Lipinski definition) is 4.